The first-order valence-corrected chi connectivity index (χ1v) is 15.1. The van der Waals surface area contributed by atoms with Crippen LogP contribution in [0, 0.1) is 0 Å². The van der Waals surface area contributed by atoms with E-state index in [-0.39, 0.29) is 12.1 Å². The zero-order valence-electron chi connectivity index (χ0n) is 25.2. The van der Waals surface area contributed by atoms with Crippen LogP contribution in [-0.2, 0) is 25.5 Å². The van der Waals surface area contributed by atoms with Crippen LogP contribution in [-0.4, -0.2) is 45.3 Å². The van der Waals surface area contributed by atoms with Crippen LogP contribution in [0.25, 0.3) is 10.9 Å². The number of alkyl halides is 1. The first kappa shape index (κ1) is 30.7. The number of aromatic nitrogens is 5. The standard InChI is InChI=1S/C33H36ClN7O3/c1-4-5-15-35-31-30-28(14-16-40(32(30)42)22-29-36-18-25(17-34)19-37-29)38-33(39-31)41(20-23-6-10-26(43-2)11-7-23)21-24-8-12-27(44-3)13-9-24/h6-14,16,18-19H,4-5,15,17,20-22H2,1-3H3,(H,35,38,39). The highest BCUT2D eigenvalue weighted by molar-refractivity contribution is 6.17. The quantitative estimate of drug-likeness (QED) is 0.123. The van der Waals surface area contributed by atoms with Crippen molar-refractivity contribution >= 4 is 34.3 Å². The lowest BCUT2D eigenvalue weighted by Gasteiger charge is -2.24. The monoisotopic (exact) mass is 613 g/mol. The molecule has 44 heavy (non-hydrogen) atoms. The van der Waals surface area contributed by atoms with Crippen molar-refractivity contribution in [2.45, 2.75) is 45.3 Å². The lowest BCUT2D eigenvalue weighted by atomic mass is 10.1. The van der Waals surface area contributed by atoms with Gasteiger partial charge in [0.2, 0.25) is 5.95 Å². The van der Waals surface area contributed by atoms with Gasteiger partial charge in [0, 0.05) is 43.8 Å². The Balaban J connectivity index is 1.55. The minimum Gasteiger partial charge on any atom is -0.497 e. The molecule has 0 aliphatic rings. The first-order chi connectivity index (χ1) is 21.5. The molecule has 0 spiro atoms. The number of rotatable bonds is 14. The number of unbranched alkanes of at least 4 members (excludes halogenated alkanes) is 1. The Labute approximate surface area is 261 Å². The van der Waals surface area contributed by atoms with E-state index in [9.17, 15) is 4.79 Å². The Morgan fingerprint density at radius 2 is 1.48 bits per heavy atom. The molecule has 0 amide bonds. The van der Waals surface area contributed by atoms with Gasteiger partial charge in [-0.1, -0.05) is 37.6 Å². The molecule has 5 aromatic rings. The predicted octanol–water partition coefficient (Wildman–Crippen LogP) is 5.80. The van der Waals surface area contributed by atoms with Crippen LogP contribution in [0.1, 0.15) is 42.3 Å². The van der Waals surface area contributed by atoms with Crippen LogP contribution in [0.5, 0.6) is 11.5 Å². The Hall–Kier alpha value is -4.70. The second kappa shape index (κ2) is 14.7. The number of halogens is 1. The number of anilines is 2. The first-order valence-electron chi connectivity index (χ1n) is 14.5. The Bertz CT molecular complexity index is 1680. The van der Waals surface area contributed by atoms with Gasteiger partial charge in [-0.15, -0.1) is 11.6 Å². The van der Waals surface area contributed by atoms with Crippen molar-refractivity contribution < 1.29 is 9.47 Å². The van der Waals surface area contributed by atoms with Crippen LogP contribution in [0.4, 0.5) is 11.8 Å². The Kier molecular flexibility index (Phi) is 10.2. The number of ether oxygens (including phenoxy) is 2. The summed E-state index contributed by atoms with van der Waals surface area (Å²) in [6.45, 7) is 4.11. The minimum absolute atomic E-state index is 0.213. The van der Waals surface area contributed by atoms with Crippen molar-refractivity contribution in [1.82, 2.24) is 24.5 Å². The minimum atomic E-state index is -0.213. The van der Waals surface area contributed by atoms with Crippen molar-refractivity contribution in [3.05, 3.63) is 106 Å². The van der Waals surface area contributed by atoms with Crippen molar-refractivity contribution in [2.24, 2.45) is 0 Å². The second-order valence-corrected chi connectivity index (χ2v) is 10.6. The number of nitrogens with one attached hydrogen (secondary N) is 1. The van der Waals surface area contributed by atoms with Crippen molar-refractivity contribution in [3.63, 3.8) is 0 Å². The van der Waals surface area contributed by atoms with E-state index in [1.807, 2.05) is 54.6 Å². The van der Waals surface area contributed by atoms with Gasteiger partial charge in [-0.2, -0.15) is 4.98 Å². The zero-order chi connectivity index (χ0) is 30.9. The number of benzene rings is 2. The van der Waals surface area contributed by atoms with E-state index in [2.05, 4.69) is 27.1 Å². The lowest BCUT2D eigenvalue weighted by Crippen LogP contribution is -2.27. The van der Waals surface area contributed by atoms with Crippen LogP contribution in [0.15, 0.2) is 78.0 Å². The number of hydrogen-bond acceptors (Lipinski definition) is 9. The number of methoxy groups -OCH3 is 2. The topological polar surface area (TPSA) is 107 Å². The van der Waals surface area contributed by atoms with Crippen LogP contribution in [0.3, 0.4) is 0 Å². The Morgan fingerprint density at radius 3 is 2.02 bits per heavy atom. The molecule has 0 aliphatic carbocycles. The fourth-order valence-corrected chi connectivity index (χ4v) is 4.87. The van der Waals surface area contributed by atoms with Crippen molar-refractivity contribution in [3.8, 4) is 11.5 Å². The summed E-state index contributed by atoms with van der Waals surface area (Å²) < 4.78 is 12.3. The van der Waals surface area contributed by atoms with E-state index in [0.29, 0.717) is 54.0 Å². The maximum atomic E-state index is 13.8. The third kappa shape index (κ3) is 7.44. The molecule has 10 nitrogen and oxygen atoms in total. The van der Waals surface area contributed by atoms with Crippen LogP contribution >= 0.6 is 11.6 Å². The maximum Gasteiger partial charge on any atom is 0.264 e. The molecule has 228 valence electrons. The second-order valence-electron chi connectivity index (χ2n) is 10.4. The van der Waals surface area contributed by atoms with Gasteiger partial charge in [-0.05, 0) is 47.9 Å². The predicted molar refractivity (Wildman–Crippen MR) is 174 cm³/mol. The molecular formula is C33H36ClN7O3. The Morgan fingerprint density at radius 1 is 0.864 bits per heavy atom. The van der Waals surface area contributed by atoms with E-state index in [0.717, 1.165) is 41.0 Å². The number of nitrogens with zero attached hydrogens (tertiary/aromatic N) is 6. The van der Waals surface area contributed by atoms with Gasteiger partial charge in [-0.25, -0.2) is 15.0 Å². The maximum absolute atomic E-state index is 13.8. The molecule has 3 aromatic heterocycles. The average Bonchev–Trinajstić information content (AvgIpc) is 3.06. The fourth-order valence-electron chi connectivity index (χ4n) is 4.73. The van der Waals surface area contributed by atoms with E-state index < -0.39 is 0 Å². The summed E-state index contributed by atoms with van der Waals surface area (Å²) in [5.41, 5.74) is 3.30. The molecule has 0 unspecified atom stereocenters. The highest BCUT2D eigenvalue weighted by Crippen LogP contribution is 2.25. The van der Waals surface area contributed by atoms with Gasteiger partial charge in [0.05, 0.1) is 32.2 Å². The molecule has 5 rings (SSSR count). The average molecular weight is 614 g/mol. The number of pyridine rings is 1. The fraction of sp³-hybridized carbons (Fsp3) is 0.303. The van der Waals surface area contributed by atoms with Gasteiger partial charge in [-0.3, -0.25) is 4.79 Å². The summed E-state index contributed by atoms with van der Waals surface area (Å²) in [6, 6.07) is 17.7. The molecule has 0 atom stereocenters. The van der Waals surface area contributed by atoms with E-state index in [4.69, 9.17) is 31.0 Å². The number of fused-ring (bicyclic) bond motifs is 1. The lowest BCUT2D eigenvalue weighted by molar-refractivity contribution is 0.414. The van der Waals surface area contributed by atoms with Crippen molar-refractivity contribution in [1.29, 1.82) is 0 Å². The molecular weight excluding hydrogens is 578 g/mol. The summed E-state index contributed by atoms with van der Waals surface area (Å²) >= 11 is 5.88. The third-order valence-corrected chi connectivity index (χ3v) is 7.52. The van der Waals surface area contributed by atoms with Gasteiger partial charge in [0.1, 0.15) is 28.5 Å². The van der Waals surface area contributed by atoms with E-state index in [1.165, 1.54) is 0 Å². The summed E-state index contributed by atoms with van der Waals surface area (Å²) in [6.07, 6.45) is 7.02. The smallest absolute Gasteiger partial charge is 0.264 e. The highest BCUT2D eigenvalue weighted by atomic mass is 35.5. The van der Waals surface area contributed by atoms with Gasteiger partial charge >= 0.3 is 0 Å². The van der Waals surface area contributed by atoms with Gasteiger partial charge < -0.3 is 24.3 Å². The normalized spacial score (nSPS) is 11.0. The van der Waals surface area contributed by atoms with E-state index >= 15 is 0 Å². The third-order valence-electron chi connectivity index (χ3n) is 7.21. The van der Waals surface area contributed by atoms with E-state index in [1.54, 1.807) is 37.4 Å². The summed E-state index contributed by atoms with van der Waals surface area (Å²) in [4.78, 5) is 34.5. The molecule has 0 saturated heterocycles. The molecule has 3 heterocycles. The SMILES string of the molecule is CCCCNc1nc(N(Cc2ccc(OC)cc2)Cc2ccc(OC)cc2)nc2ccn(Cc3ncc(CCl)cn3)c(=O)c12. The summed E-state index contributed by atoms with van der Waals surface area (Å²) in [7, 11) is 3.30. The molecule has 11 heteroatoms. The van der Waals surface area contributed by atoms with Gasteiger partial charge in [0.25, 0.3) is 5.56 Å². The summed E-state index contributed by atoms with van der Waals surface area (Å²) in [5, 5.41) is 3.85. The molecule has 2 aromatic carbocycles. The molecule has 0 bridgehead atoms. The number of hydrogen-bond donors (Lipinski definition) is 1. The zero-order valence-corrected chi connectivity index (χ0v) is 25.9. The van der Waals surface area contributed by atoms with Crippen molar-refractivity contribution in [2.75, 3.05) is 31.0 Å². The largest absolute Gasteiger partial charge is 0.497 e. The van der Waals surface area contributed by atoms with Crippen LogP contribution in [0.2, 0.25) is 0 Å². The molecule has 0 aliphatic heterocycles. The molecule has 0 saturated carbocycles. The highest BCUT2D eigenvalue weighted by Gasteiger charge is 2.19. The summed E-state index contributed by atoms with van der Waals surface area (Å²) in [5.74, 6) is 3.44. The molecule has 0 fully saturated rings. The molecule has 1 N–H and O–H groups in total. The van der Waals surface area contributed by atoms with Gasteiger partial charge in [0.15, 0.2) is 0 Å². The van der Waals surface area contributed by atoms with Crippen LogP contribution < -0.4 is 25.2 Å². The molecule has 0 radical (unpaired) electrons.